The van der Waals surface area contributed by atoms with Crippen LogP contribution in [0.3, 0.4) is 0 Å². The van der Waals surface area contributed by atoms with Gasteiger partial charge in [-0.2, -0.15) is 0 Å². The number of thioether (sulfide) groups is 1. The lowest BCUT2D eigenvalue weighted by atomic mass is 10.2. The van der Waals surface area contributed by atoms with Crippen LogP contribution in [-0.2, 0) is 4.79 Å². The second-order valence-electron chi connectivity index (χ2n) is 4.81. The summed E-state index contributed by atoms with van der Waals surface area (Å²) in [5.41, 5.74) is 0.646. The van der Waals surface area contributed by atoms with Gasteiger partial charge in [-0.3, -0.25) is 19.8 Å². The Labute approximate surface area is 145 Å². The highest BCUT2D eigenvalue weighted by Crippen LogP contribution is 2.36. The van der Waals surface area contributed by atoms with E-state index >= 15 is 0 Å². The zero-order chi connectivity index (χ0) is 17.3. The quantitative estimate of drug-likeness (QED) is 0.356. The smallest absolute Gasteiger partial charge is 0.268 e. The number of anilines is 1. The monoisotopic (exact) mass is 360 g/mol. The first-order chi connectivity index (χ1) is 11.5. The fourth-order valence-electron chi connectivity index (χ4n) is 2.15. The lowest BCUT2D eigenvalue weighted by molar-refractivity contribution is -0.384. The van der Waals surface area contributed by atoms with Gasteiger partial charge in [-0.25, -0.2) is 4.39 Å². The molecule has 5 nitrogen and oxygen atoms in total. The number of nitro benzene ring substituents is 1. The predicted molar refractivity (Wildman–Crippen MR) is 95.1 cm³/mol. The third-order valence-corrected chi connectivity index (χ3v) is 4.61. The summed E-state index contributed by atoms with van der Waals surface area (Å²) < 4.78 is 14.0. The maximum atomic E-state index is 13.7. The average Bonchev–Trinajstić information content (AvgIpc) is 2.84. The molecule has 24 heavy (non-hydrogen) atoms. The van der Waals surface area contributed by atoms with Crippen molar-refractivity contribution in [3.8, 4) is 0 Å². The van der Waals surface area contributed by atoms with Gasteiger partial charge in [0, 0.05) is 17.7 Å². The Balaban J connectivity index is 1.92. The number of hydrogen-bond acceptors (Lipinski definition) is 5. The highest BCUT2D eigenvalue weighted by Gasteiger charge is 2.33. The van der Waals surface area contributed by atoms with Crippen LogP contribution in [-0.4, -0.2) is 15.2 Å². The number of carbonyl (C=O) groups is 1. The Morgan fingerprint density at radius 2 is 1.83 bits per heavy atom. The highest BCUT2D eigenvalue weighted by atomic mass is 32.2. The lowest BCUT2D eigenvalue weighted by Crippen LogP contribution is -2.27. The average molecular weight is 360 g/mol. The summed E-state index contributed by atoms with van der Waals surface area (Å²) in [4.78, 5) is 24.3. The molecule has 3 rings (SSSR count). The predicted octanol–water partition coefficient (Wildman–Crippen LogP) is 4.14. The van der Waals surface area contributed by atoms with Crippen molar-refractivity contribution in [2.45, 2.75) is 0 Å². The van der Waals surface area contributed by atoms with Crippen molar-refractivity contribution in [2.24, 2.45) is 0 Å². The first-order valence-electron chi connectivity index (χ1n) is 6.74. The normalized spacial score (nSPS) is 16.0. The van der Waals surface area contributed by atoms with E-state index in [4.69, 9.17) is 12.2 Å². The number of amides is 1. The summed E-state index contributed by atoms with van der Waals surface area (Å²) in [5, 5.41) is 10.7. The Morgan fingerprint density at radius 3 is 2.46 bits per heavy atom. The summed E-state index contributed by atoms with van der Waals surface area (Å²) in [6.07, 6.45) is 1.44. The van der Waals surface area contributed by atoms with E-state index in [1.54, 1.807) is 18.2 Å². The molecule has 120 valence electrons. The molecule has 0 unspecified atom stereocenters. The lowest BCUT2D eigenvalue weighted by Gasteiger charge is -2.13. The number of rotatable bonds is 3. The molecule has 0 spiro atoms. The summed E-state index contributed by atoms with van der Waals surface area (Å²) in [6.45, 7) is 0. The van der Waals surface area contributed by atoms with Gasteiger partial charge >= 0.3 is 0 Å². The molecule has 0 aromatic heterocycles. The molecule has 2 aromatic rings. The molecule has 1 aliphatic rings. The minimum absolute atomic E-state index is 0.0777. The zero-order valence-electron chi connectivity index (χ0n) is 12.0. The molecular formula is C16H9FN2O3S2. The molecule has 0 N–H and O–H groups in total. The van der Waals surface area contributed by atoms with Crippen molar-refractivity contribution in [1.29, 1.82) is 0 Å². The molecule has 1 aliphatic heterocycles. The standard InChI is InChI=1S/C16H9FN2O3S2/c17-13-4-2-1-3-10(13)9-14-15(20)18(16(23)24-14)11-5-7-12(8-6-11)19(21)22/h1-9H/b14-9-. The van der Waals surface area contributed by atoms with Crippen LogP contribution in [0.25, 0.3) is 6.08 Å². The number of hydrogen-bond donors (Lipinski definition) is 0. The van der Waals surface area contributed by atoms with Gasteiger partial charge in [0.05, 0.1) is 15.5 Å². The van der Waals surface area contributed by atoms with Gasteiger partial charge in [-0.05, 0) is 24.3 Å². The topological polar surface area (TPSA) is 63.5 Å². The number of benzene rings is 2. The number of nitro groups is 1. The van der Waals surface area contributed by atoms with E-state index in [1.807, 2.05) is 0 Å². The molecule has 1 amide bonds. The van der Waals surface area contributed by atoms with Gasteiger partial charge in [0.25, 0.3) is 11.6 Å². The summed E-state index contributed by atoms with van der Waals surface area (Å²) in [7, 11) is 0. The molecule has 2 aromatic carbocycles. The zero-order valence-corrected chi connectivity index (χ0v) is 13.6. The van der Waals surface area contributed by atoms with E-state index in [2.05, 4.69) is 0 Å². The summed E-state index contributed by atoms with van der Waals surface area (Å²) >= 11 is 6.27. The number of thiocarbonyl (C=S) groups is 1. The first-order valence-corrected chi connectivity index (χ1v) is 7.97. The first kappa shape index (κ1) is 16.3. The van der Waals surface area contributed by atoms with E-state index in [0.717, 1.165) is 11.8 Å². The fraction of sp³-hybridized carbons (Fsp3) is 0. The second kappa shape index (κ2) is 6.50. The van der Waals surface area contributed by atoms with E-state index in [1.165, 1.54) is 41.3 Å². The third-order valence-electron chi connectivity index (χ3n) is 3.30. The van der Waals surface area contributed by atoms with Crippen LogP contribution in [0, 0.1) is 15.9 Å². The third kappa shape index (κ3) is 3.06. The van der Waals surface area contributed by atoms with Crippen LogP contribution in [0.4, 0.5) is 15.8 Å². The Morgan fingerprint density at radius 1 is 1.17 bits per heavy atom. The van der Waals surface area contributed by atoms with Crippen LogP contribution in [0.2, 0.25) is 0 Å². The van der Waals surface area contributed by atoms with Crippen molar-refractivity contribution in [3.63, 3.8) is 0 Å². The Kier molecular flexibility index (Phi) is 4.41. The van der Waals surface area contributed by atoms with E-state index in [0.29, 0.717) is 16.2 Å². The van der Waals surface area contributed by atoms with Crippen LogP contribution in [0.1, 0.15) is 5.56 Å². The maximum Gasteiger partial charge on any atom is 0.270 e. The molecule has 1 saturated heterocycles. The molecule has 0 saturated carbocycles. The van der Waals surface area contributed by atoms with E-state index in [-0.39, 0.29) is 15.9 Å². The van der Waals surface area contributed by atoms with E-state index < -0.39 is 10.7 Å². The van der Waals surface area contributed by atoms with Crippen molar-refractivity contribution >= 4 is 51.7 Å². The van der Waals surface area contributed by atoms with Crippen LogP contribution >= 0.6 is 24.0 Å². The molecule has 0 bridgehead atoms. The van der Waals surface area contributed by atoms with Crippen molar-refractivity contribution < 1.29 is 14.1 Å². The number of halogens is 1. The van der Waals surface area contributed by atoms with Gasteiger partial charge in [0.1, 0.15) is 5.82 Å². The number of non-ortho nitro benzene ring substituents is 1. The molecule has 0 aliphatic carbocycles. The Hall–Kier alpha value is -2.58. The summed E-state index contributed by atoms with van der Waals surface area (Å²) in [6, 6.07) is 11.6. The van der Waals surface area contributed by atoms with Gasteiger partial charge in [0.15, 0.2) is 4.32 Å². The maximum absolute atomic E-state index is 13.7. The van der Waals surface area contributed by atoms with Crippen molar-refractivity contribution in [2.75, 3.05) is 4.90 Å². The van der Waals surface area contributed by atoms with Crippen LogP contribution in [0.5, 0.6) is 0 Å². The van der Waals surface area contributed by atoms with Gasteiger partial charge in [-0.1, -0.05) is 42.2 Å². The van der Waals surface area contributed by atoms with Gasteiger partial charge in [-0.15, -0.1) is 0 Å². The largest absolute Gasteiger partial charge is 0.270 e. The van der Waals surface area contributed by atoms with Crippen LogP contribution in [0.15, 0.2) is 53.4 Å². The molecule has 0 radical (unpaired) electrons. The minimum Gasteiger partial charge on any atom is -0.268 e. The SMILES string of the molecule is O=C1/C(=C/c2ccccc2F)SC(=S)N1c1ccc([N+](=O)[O-])cc1. The number of carbonyl (C=O) groups excluding carboxylic acids is 1. The number of nitrogens with zero attached hydrogens (tertiary/aromatic N) is 2. The molecule has 1 heterocycles. The molecule has 0 atom stereocenters. The highest BCUT2D eigenvalue weighted by molar-refractivity contribution is 8.27. The van der Waals surface area contributed by atoms with Crippen molar-refractivity contribution in [1.82, 2.24) is 0 Å². The Bertz CT molecular complexity index is 881. The molecular weight excluding hydrogens is 351 g/mol. The summed E-state index contributed by atoms with van der Waals surface area (Å²) in [5.74, 6) is -0.819. The van der Waals surface area contributed by atoms with E-state index in [9.17, 15) is 19.3 Å². The minimum atomic E-state index is -0.522. The van der Waals surface area contributed by atoms with Gasteiger partial charge in [0.2, 0.25) is 0 Å². The molecule has 1 fully saturated rings. The van der Waals surface area contributed by atoms with Crippen LogP contribution < -0.4 is 4.90 Å². The fourth-order valence-corrected chi connectivity index (χ4v) is 3.44. The van der Waals surface area contributed by atoms with Gasteiger partial charge < -0.3 is 0 Å². The molecule has 8 heteroatoms. The van der Waals surface area contributed by atoms with Crippen molar-refractivity contribution in [3.05, 3.63) is 74.9 Å². The second-order valence-corrected chi connectivity index (χ2v) is 6.49.